The van der Waals surface area contributed by atoms with Crippen molar-refractivity contribution in [2.24, 2.45) is 0 Å². The van der Waals surface area contributed by atoms with Crippen molar-refractivity contribution in [2.45, 2.75) is 123 Å². The van der Waals surface area contributed by atoms with E-state index in [1.807, 2.05) is 0 Å². The van der Waals surface area contributed by atoms with Crippen LogP contribution in [0.25, 0.3) is 11.2 Å². The van der Waals surface area contributed by atoms with Crippen LogP contribution in [-0.2, 0) is 25.1 Å². The van der Waals surface area contributed by atoms with Crippen LogP contribution in [0.1, 0.15) is 110 Å². The molecule has 2 atom stereocenters. The number of nitrogens with two attached hydrogens (primary N) is 1. The lowest BCUT2D eigenvalue weighted by molar-refractivity contribution is -0.205. The van der Waals surface area contributed by atoms with Gasteiger partial charge in [0.15, 0.2) is 19.1 Å². The lowest BCUT2D eigenvalue weighted by Crippen LogP contribution is -2.20. The maximum atomic E-state index is 12.2. The minimum atomic E-state index is -4.08. The lowest BCUT2D eigenvalue weighted by Gasteiger charge is -2.25. The highest BCUT2D eigenvalue weighted by molar-refractivity contribution is 7.51. The molecule has 2 unspecified atom stereocenters. The first-order chi connectivity index (χ1) is 18.9. The molecular formula is C28H51N5O5P-. The smallest absolute Gasteiger partial charge is 0.165 e. The Balaban J connectivity index is 1.38. The minimum Gasteiger partial charge on any atom is -0.777 e. The highest BCUT2D eigenvalue weighted by Crippen LogP contribution is 2.37. The molecule has 0 aliphatic heterocycles. The summed E-state index contributed by atoms with van der Waals surface area (Å²) in [6, 6.07) is 0. The van der Waals surface area contributed by atoms with E-state index in [0.717, 1.165) is 6.42 Å². The summed E-state index contributed by atoms with van der Waals surface area (Å²) in [7, 11) is -4.08. The third-order valence-corrected chi connectivity index (χ3v) is 7.80. The Hall–Kier alpha value is -1.58. The molecule has 0 aromatic carbocycles. The number of unbranched alkanes of at least 4 members (excludes halogenated alkanes) is 13. The summed E-state index contributed by atoms with van der Waals surface area (Å²) in [5.74, 6) is 0.299. The Morgan fingerprint density at radius 3 is 2.10 bits per heavy atom. The van der Waals surface area contributed by atoms with Crippen LogP contribution in [0.15, 0.2) is 12.7 Å². The molecule has 0 aliphatic carbocycles. The van der Waals surface area contributed by atoms with Crippen LogP contribution in [0.5, 0.6) is 0 Å². The predicted octanol–water partition coefficient (Wildman–Crippen LogP) is 6.23. The van der Waals surface area contributed by atoms with Crippen molar-refractivity contribution in [3.63, 3.8) is 0 Å². The molecule has 2 aromatic heterocycles. The fraction of sp³-hybridized carbons (Fsp3) is 0.821. The number of hydrogen-bond acceptors (Lipinski definition) is 9. The van der Waals surface area contributed by atoms with Crippen molar-refractivity contribution >= 4 is 24.6 Å². The summed E-state index contributed by atoms with van der Waals surface area (Å²) in [6.45, 7) is 5.73. The van der Waals surface area contributed by atoms with Crippen LogP contribution in [0.3, 0.4) is 0 Å². The zero-order chi connectivity index (χ0) is 28.2. The summed E-state index contributed by atoms with van der Waals surface area (Å²) >= 11 is 0. The molecule has 39 heavy (non-hydrogen) atoms. The number of ether oxygens (including phenoxy) is 2. The van der Waals surface area contributed by atoms with Gasteiger partial charge in [-0.05, 0) is 19.8 Å². The van der Waals surface area contributed by atoms with E-state index >= 15 is 0 Å². The maximum Gasteiger partial charge on any atom is 0.165 e. The van der Waals surface area contributed by atoms with Gasteiger partial charge in [0, 0.05) is 13.2 Å². The average Bonchev–Trinajstić information content (AvgIpc) is 3.32. The Kier molecular flexibility index (Phi) is 17.5. The van der Waals surface area contributed by atoms with Crippen LogP contribution in [0.2, 0.25) is 0 Å². The van der Waals surface area contributed by atoms with Crippen molar-refractivity contribution in [3.05, 3.63) is 12.7 Å². The van der Waals surface area contributed by atoms with Crippen molar-refractivity contribution in [3.8, 4) is 0 Å². The van der Waals surface area contributed by atoms with E-state index in [0.29, 0.717) is 43.2 Å². The fourth-order valence-electron chi connectivity index (χ4n) is 4.48. The Labute approximate surface area is 235 Å². The number of rotatable bonds is 25. The molecular weight excluding hydrogens is 517 g/mol. The van der Waals surface area contributed by atoms with Gasteiger partial charge in [0.2, 0.25) is 0 Å². The topological polar surface area (TPSA) is 137 Å². The molecule has 0 aliphatic rings. The van der Waals surface area contributed by atoms with Gasteiger partial charge in [0.05, 0.1) is 25.6 Å². The monoisotopic (exact) mass is 568 g/mol. The largest absolute Gasteiger partial charge is 0.777 e. The summed E-state index contributed by atoms with van der Waals surface area (Å²) in [6.07, 6.45) is 21.3. The second kappa shape index (κ2) is 20.3. The maximum absolute atomic E-state index is 12.2. The quantitative estimate of drug-likeness (QED) is 0.109. The van der Waals surface area contributed by atoms with Gasteiger partial charge in [-0.25, -0.2) is 15.0 Å². The molecule has 0 radical (unpaired) electrons. The second-order valence-electron chi connectivity index (χ2n) is 10.4. The highest BCUT2D eigenvalue weighted by Gasteiger charge is 2.14. The molecule has 2 aromatic rings. The van der Waals surface area contributed by atoms with Crippen LogP contribution < -0.4 is 10.6 Å². The zero-order valence-electron chi connectivity index (χ0n) is 24.2. The van der Waals surface area contributed by atoms with Gasteiger partial charge < -0.3 is 33.8 Å². The molecule has 2 N–H and O–H groups in total. The lowest BCUT2D eigenvalue weighted by atomic mass is 10.0. The Morgan fingerprint density at radius 1 is 0.872 bits per heavy atom. The Morgan fingerprint density at radius 2 is 1.46 bits per heavy atom. The van der Waals surface area contributed by atoms with E-state index in [9.17, 15) is 9.46 Å². The molecule has 224 valence electrons. The molecule has 0 spiro atoms. The number of nitrogens with zero attached hydrogens (tertiary/aromatic N) is 4. The predicted molar refractivity (Wildman–Crippen MR) is 154 cm³/mol. The van der Waals surface area contributed by atoms with Gasteiger partial charge in [0.25, 0.3) is 0 Å². The fourth-order valence-corrected chi connectivity index (χ4v) is 5.40. The third-order valence-electron chi connectivity index (χ3n) is 6.76. The number of nitrogen functional groups attached to an aromatic ring is 1. The van der Waals surface area contributed by atoms with Gasteiger partial charge in [-0.3, -0.25) is 0 Å². The molecule has 0 fully saturated rings. The van der Waals surface area contributed by atoms with Crippen molar-refractivity contribution in [2.75, 3.05) is 31.9 Å². The Bertz CT molecular complexity index is 944. The standard InChI is InChI=1S/C28H52N5O5P/c1-3-4-5-6-7-8-9-10-11-12-13-14-15-16-18-36-19-17-20-38-39(34,35)24-37-25(2)21-33-23-32-26-27(29)30-22-31-28(26)33/h22-23,25H,3-21,24H2,1-2H3,(H,34,35)(H2,29,30,31)/p-1. The van der Waals surface area contributed by atoms with Gasteiger partial charge in [-0.2, -0.15) is 0 Å². The summed E-state index contributed by atoms with van der Waals surface area (Å²) in [5, 5.41) is 0. The molecule has 0 saturated heterocycles. The van der Waals surface area contributed by atoms with Crippen molar-refractivity contribution in [1.29, 1.82) is 0 Å². The summed E-state index contributed by atoms with van der Waals surface area (Å²) in [5.41, 5.74) is 6.88. The van der Waals surface area contributed by atoms with Gasteiger partial charge in [-0.15, -0.1) is 0 Å². The summed E-state index contributed by atoms with van der Waals surface area (Å²) < 4.78 is 30.1. The number of anilines is 1. The molecule has 2 rings (SSSR count). The van der Waals surface area contributed by atoms with Crippen LogP contribution in [0, 0.1) is 0 Å². The third kappa shape index (κ3) is 15.1. The molecule has 0 amide bonds. The van der Waals surface area contributed by atoms with Gasteiger partial charge in [-0.1, -0.05) is 90.4 Å². The van der Waals surface area contributed by atoms with Crippen molar-refractivity contribution < 1.29 is 23.5 Å². The van der Waals surface area contributed by atoms with E-state index in [1.165, 1.54) is 89.8 Å². The first kappa shape index (κ1) is 33.6. The number of hydrogen-bond donors (Lipinski definition) is 1. The first-order valence-electron chi connectivity index (χ1n) is 15.0. The average molecular weight is 569 g/mol. The molecule has 0 saturated carbocycles. The normalized spacial score (nSPS) is 14.1. The van der Waals surface area contributed by atoms with Crippen LogP contribution in [-0.4, -0.2) is 51.8 Å². The van der Waals surface area contributed by atoms with E-state index in [1.54, 1.807) is 17.8 Å². The van der Waals surface area contributed by atoms with Crippen LogP contribution in [0.4, 0.5) is 5.82 Å². The van der Waals surface area contributed by atoms with Crippen molar-refractivity contribution in [1.82, 2.24) is 19.5 Å². The number of imidazole rings is 1. The highest BCUT2D eigenvalue weighted by atomic mass is 31.2. The second-order valence-corrected chi connectivity index (χ2v) is 12.2. The summed E-state index contributed by atoms with van der Waals surface area (Å²) in [4.78, 5) is 24.4. The number of aromatic nitrogens is 4. The minimum absolute atomic E-state index is 0.0968. The molecule has 2 heterocycles. The van der Waals surface area contributed by atoms with E-state index in [2.05, 4.69) is 21.9 Å². The van der Waals surface area contributed by atoms with Gasteiger partial charge in [0.1, 0.15) is 18.2 Å². The molecule has 11 heteroatoms. The van der Waals surface area contributed by atoms with E-state index in [-0.39, 0.29) is 6.61 Å². The van der Waals surface area contributed by atoms with E-state index < -0.39 is 20.0 Å². The zero-order valence-corrected chi connectivity index (χ0v) is 25.1. The SMILES string of the molecule is CCCCCCCCCCCCCCCCOCCCOP(=O)([O-])COC(C)Cn1cnc2c(N)ncnc21. The van der Waals surface area contributed by atoms with Gasteiger partial charge >= 0.3 is 0 Å². The molecule has 0 bridgehead atoms. The van der Waals surface area contributed by atoms with Crippen LogP contribution >= 0.6 is 7.60 Å². The number of fused-ring (bicyclic) bond motifs is 1. The molecule has 10 nitrogen and oxygen atoms in total. The van der Waals surface area contributed by atoms with E-state index in [4.69, 9.17) is 19.7 Å². The first-order valence-corrected chi connectivity index (χ1v) is 16.7.